The summed E-state index contributed by atoms with van der Waals surface area (Å²) >= 11 is 10.2. The standard InChI is InChI=1S/C6H7BrClNOS/c7-5-3-11-6(9-5)1-4(10)2-8/h3-4,10H,1-2H2. The Bertz CT molecular complexity index is 230. The molecule has 0 fully saturated rings. The number of alkyl halides is 1. The molecule has 0 radical (unpaired) electrons. The van der Waals surface area contributed by atoms with E-state index in [1.807, 2.05) is 5.38 Å². The topological polar surface area (TPSA) is 33.1 Å². The Morgan fingerprint density at radius 3 is 3.00 bits per heavy atom. The first kappa shape index (κ1) is 9.45. The zero-order valence-electron chi connectivity index (χ0n) is 5.63. The van der Waals surface area contributed by atoms with Crippen molar-refractivity contribution in [1.82, 2.24) is 4.98 Å². The number of thiazole rings is 1. The lowest BCUT2D eigenvalue weighted by atomic mass is 10.3. The third-order valence-electron chi connectivity index (χ3n) is 1.11. The maximum atomic E-state index is 9.14. The molecule has 1 aromatic rings. The molecule has 1 aromatic heterocycles. The second-order valence-electron chi connectivity index (χ2n) is 2.08. The molecular formula is C6H7BrClNOS. The molecule has 1 rings (SSSR count). The van der Waals surface area contributed by atoms with Crippen molar-refractivity contribution in [1.29, 1.82) is 0 Å². The molecule has 0 saturated heterocycles. The average molecular weight is 257 g/mol. The Morgan fingerprint density at radius 2 is 2.55 bits per heavy atom. The summed E-state index contributed by atoms with van der Waals surface area (Å²) in [5.74, 6) is 0.261. The second-order valence-corrected chi connectivity index (χ2v) is 4.14. The van der Waals surface area contributed by atoms with Gasteiger partial charge in [0.15, 0.2) is 0 Å². The van der Waals surface area contributed by atoms with Crippen molar-refractivity contribution in [3.05, 3.63) is 15.0 Å². The largest absolute Gasteiger partial charge is 0.391 e. The Balaban J connectivity index is 2.50. The Hall–Kier alpha value is 0.360. The highest BCUT2D eigenvalue weighted by Crippen LogP contribution is 2.16. The van der Waals surface area contributed by atoms with Crippen LogP contribution < -0.4 is 0 Å². The summed E-state index contributed by atoms with van der Waals surface area (Å²) in [6.07, 6.45) is 0.0643. The Labute approximate surface area is 82.4 Å². The van der Waals surface area contributed by atoms with Crippen LogP contribution in [0.1, 0.15) is 5.01 Å². The van der Waals surface area contributed by atoms with Crippen LogP contribution in [0.4, 0.5) is 0 Å². The number of nitrogens with zero attached hydrogens (tertiary/aromatic N) is 1. The van der Waals surface area contributed by atoms with Crippen LogP contribution in [0.25, 0.3) is 0 Å². The van der Waals surface area contributed by atoms with E-state index in [1.165, 1.54) is 11.3 Å². The molecule has 11 heavy (non-hydrogen) atoms. The number of aromatic nitrogens is 1. The van der Waals surface area contributed by atoms with E-state index in [0.717, 1.165) is 9.61 Å². The molecule has 62 valence electrons. The first-order valence-electron chi connectivity index (χ1n) is 3.06. The molecule has 2 nitrogen and oxygen atoms in total. The van der Waals surface area contributed by atoms with Crippen LogP contribution in [0, 0.1) is 0 Å². The van der Waals surface area contributed by atoms with Crippen molar-refractivity contribution in [2.75, 3.05) is 5.88 Å². The van der Waals surface area contributed by atoms with Gasteiger partial charge >= 0.3 is 0 Å². The molecular weight excluding hydrogens is 249 g/mol. The van der Waals surface area contributed by atoms with Crippen molar-refractivity contribution < 1.29 is 5.11 Å². The maximum absolute atomic E-state index is 9.14. The van der Waals surface area contributed by atoms with E-state index in [4.69, 9.17) is 16.7 Å². The molecule has 0 spiro atoms. The number of hydrogen-bond acceptors (Lipinski definition) is 3. The fraction of sp³-hybridized carbons (Fsp3) is 0.500. The van der Waals surface area contributed by atoms with Crippen LogP contribution in [-0.4, -0.2) is 22.1 Å². The number of aliphatic hydroxyl groups is 1. The van der Waals surface area contributed by atoms with Crippen LogP contribution in [-0.2, 0) is 6.42 Å². The highest BCUT2D eigenvalue weighted by molar-refractivity contribution is 9.10. The van der Waals surface area contributed by atoms with Crippen LogP contribution in [0.2, 0.25) is 0 Å². The van der Waals surface area contributed by atoms with Gasteiger partial charge in [-0.3, -0.25) is 0 Å². The van der Waals surface area contributed by atoms with Crippen LogP contribution >= 0.6 is 38.9 Å². The van der Waals surface area contributed by atoms with Gasteiger partial charge in [0, 0.05) is 17.7 Å². The molecule has 5 heteroatoms. The van der Waals surface area contributed by atoms with Gasteiger partial charge in [-0.1, -0.05) is 0 Å². The smallest absolute Gasteiger partial charge is 0.117 e. The molecule has 1 atom stereocenters. The summed E-state index contributed by atoms with van der Waals surface area (Å²) in [5.41, 5.74) is 0. The molecule has 0 saturated carbocycles. The summed E-state index contributed by atoms with van der Waals surface area (Å²) in [4.78, 5) is 4.12. The van der Waals surface area contributed by atoms with E-state index in [9.17, 15) is 0 Å². The van der Waals surface area contributed by atoms with E-state index in [0.29, 0.717) is 6.42 Å². The first-order valence-corrected chi connectivity index (χ1v) is 5.27. The van der Waals surface area contributed by atoms with Crippen molar-refractivity contribution in [3.63, 3.8) is 0 Å². The quantitative estimate of drug-likeness (QED) is 0.840. The number of rotatable bonds is 3. The minimum atomic E-state index is -0.477. The third kappa shape index (κ3) is 3.07. The SMILES string of the molecule is OC(CCl)Cc1nc(Br)cs1. The summed E-state index contributed by atoms with van der Waals surface area (Å²) in [6.45, 7) is 0. The van der Waals surface area contributed by atoms with Crippen molar-refractivity contribution in [3.8, 4) is 0 Å². The van der Waals surface area contributed by atoms with Crippen LogP contribution in [0.3, 0.4) is 0 Å². The van der Waals surface area contributed by atoms with Gasteiger partial charge in [-0.2, -0.15) is 0 Å². The van der Waals surface area contributed by atoms with Crippen molar-refractivity contribution in [2.24, 2.45) is 0 Å². The van der Waals surface area contributed by atoms with Crippen LogP contribution in [0.15, 0.2) is 9.98 Å². The van der Waals surface area contributed by atoms with Gasteiger partial charge in [-0.15, -0.1) is 22.9 Å². The second kappa shape index (κ2) is 4.40. The van der Waals surface area contributed by atoms with Gasteiger partial charge in [-0.05, 0) is 15.9 Å². The minimum Gasteiger partial charge on any atom is -0.391 e. The number of aliphatic hydroxyl groups excluding tert-OH is 1. The Kier molecular flexibility index (Phi) is 3.78. The maximum Gasteiger partial charge on any atom is 0.117 e. The molecule has 0 bridgehead atoms. The molecule has 0 aliphatic rings. The number of halogens is 2. The van der Waals surface area contributed by atoms with E-state index in [-0.39, 0.29) is 5.88 Å². The van der Waals surface area contributed by atoms with Gasteiger partial charge in [0.1, 0.15) is 4.60 Å². The lowest BCUT2D eigenvalue weighted by molar-refractivity contribution is 0.198. The van der Waals surface area contributed by atoms with Crippen LogP contribution in [0.5, 0.6) is 0 Å². The molecule has 1 unspecified atom stereocenters. The summed E-state index contributed by atoms with van der Waals surface area (Å²) < 4.78 is 0.819. The van der Waals surface area contributed by atoms with Gasteiger partial charge < -0.3 is 5.11 Å². The zero-order valence-corrected chi connectivity index (χ0v) is 8.79. The Morgan fingerprint density at radius 1 is 1.82 bits per heavy atom. The van der Waals surface area contributed by atoms with Gasteiger partial charge in [0.2, 0.25) is 0 Å². The molecule has 1 N–H and O–H groups in total. The summed E-state index contributed by atoms with van der Waals surface area (Å²) in [5, 5.41) is 11.9. The van der Waals surface area contributed by atoms with Crippen molar-refractivity contribution in [2.45, 2.75) is 12.5 Å². The van der Waals surface area contributed by atoms with E-state index in [1.54, 1.807) is 0 Å². The lowest BCUT2D eigenvalue weighted by Gasteiger charge is -2.01. The molecule has 0 aromatic carbocycles. The van der Waals surface area contributed by atoms with E-state index < -0.39 is 6.10 Å². The fourth-order valence-corrected chi connectivity index (χ4v) is 2.08. The molecule has 0 amide bonds. The number of hydrogen-bond donors (Lipinski definition) is 1. The molecule has 0 aliphatic carbocycles. The monoisotopic (exact) mass is 255 g/mol. The van der Waals surface area contributed by atoms with E-state index in [2.05, 4.69) is 20.9 Å². The zero-order chi connectivity index (χ0) is 8.27. The van der Waals surface area contributed by atoms with Crippen molar-refractivity contribution >= 4 is 38.9 Å². The predicted molar refractivity (Wildman–Crippen MR) is 50.2 cm³/mol. The fourth-order valence-electron chi connectivity index (χ4n) is 0.638. The minimum absolute atomic E-state index is 0.261. The summed E-state index contributed by atoms with van der Waals surface area (Å²) in [7, 11) is 0. The predicted octanol–water partition coefficient (Wildman–Crippen LogP) is 2.05. The lowest BCUT2D eigenvalue weighted by Crippen LogP contribution is -2.11. The van der Waals surface area contributed by atoms with Gasteiger partial charge in [0.25, 0.3) is 0 Å². The van der Waals surface area contributed by atoms with E-state index >= 15 is 0 Å². The first-order chi connectivity index (χ1) is 5.22. The molecule has 0 aliphatic heterocycles. The highest BCUT2D eigenvalue weighted by Gasteiger charge is 2.06. The summed E-state index contributed by atoms with van der Waals surface area (Å²) in [6, 6.07) is 0. The third-order valence-corrected chi connectivity index (χ3v) is 3.05. The van der Waals surface area contributed by atoms with Gasteiger partial charge in [0.05, 0.1) is 11.1 Å². The average Bonchev–Trinajstić information content (AvgIpc) is 2.35. The highest BCUT2D eigenvalue weighted by atomic mass is 79.9. The molecule has 1 heterocycles. The normalized spacial score (nSPS) is 13.4. The van der Waals surface area contributed by atoms with Gasteiger partial charge in [-0.25, -0.2) is 4.98 Å².